The minimum atomic E-state index is -0.264. The Hall–Kier alpha value is -1.75. The van der Waals surface area contributed by atoms with E-state index in [1.807, 2.05) is 30.1 Å². The zero-order valence-electron chi connectivity index (χ0n) is 11.2. The van der Waals surface area contributed by atoms with Crippen molar-refractivity contribution in [1.82, 2.24) is 4.90 Å². The second-order valence-electron chi connectivity index (χ2n) is 3.93. The summed E-state index contributed by atoms with van der Waals surface area (Å²) < 4.78 is 15.1. The molecule has 0 aromatic heterocycles. The first-order valence-corrected chi connectivity index (χ1v) is 5.57. The lowest BCUT2D eigenvalue weighted by molar-refractivity contribution is -0.141. The van der Waals surface area contributed by atoms with E-state index in [0.717, 1.165) is 17.1 Å². The Balaban J connectivity index is 2.78. The molecule has 5 heteroatoms. The molecular weight excluding hydrogens is 234 g/mol. The topological polar surface area (TPSA) is 48.0 Å². The van der Waals surface area contributed by atoms with Crippen LogP contribution in [0.4, 0.5) is 0 Å². The summed E-state index contributed by atoms with van der Waals surface area (Å²) in [6.07, 6.45) is 0. The van der Waals surface area contributed by atoms with Gasteiger partial charge in [0.05, 0.1) is 27.9 Å². The van der Waals surface area contributed by atoms with Gasteiger partial charge in [-0.25, -0.2) is 0 Å². The van der Waals surface area contributed by atoms with Crippen LogP contribution in [0.2, 0.25) is 0 Å². The monoisotopic (exact) mass is 253 g/mol. The van der Waals surface area contributed by atoms with Gasteiger partial charge in [-0.2, -0.15) is 0 Å². The molecule has 1 aromatic rings. The first-order chi connectivity index (χ1) is 8.60. The predicted molar refractivity (Wildman–Crippen MR) is 67.9 cm³/mol. The number of rotatable bonds is 6. The zero-order chi connectivity index (χ0) is 13.5. The molecule has 0 N–H and O–H groups in total. The quantitative estimate of drug-likeness (QED) is 0.715. The second-order valence-corrected chi connectivity index (χ2v) is 3.93. The van der Waals surface area contributed by atoms with Crippen LogP contribution in [0.25, 0.3) is 0 Å². The Morgan fingerprint density at radius 2 is 1.94 bits per heavy atom. The number of hydrogen-bond donors (Lipinski definition) is 0. The van der Waals surface area contributed by atoms with Crippen molar-refractivity contribution in [2.75, 3.05) is 34.9 Å². The highest BCUT2D eigenvalue weighted by atomic mass is 16.5. The number of carbonyl (C=O) groups is 1. The summed E-state index contributed by atoms with van der Waals surface area (Å²) in [4.78, 5) is 13.0. The molecule has 0 aliphatic heterocycles. The normalized spacial score (nSPS) is 10.3. The molecule has 5 nitrogen and oxygen atoms in total. The maximum atomic E-state index is 11.2. The van der Waals surface area contributed by atoms with Crippen molar-refractivity contribution in [3.63, 3.8) is 0 Å². The van der Waals surface area contributed by atoms with Gasteiger partial charge in [0.1, 0.15) is 11.5 Å². The van der Waals surface area contributed by atoms with E-state index in [1.54, 1.807) is 14.2 Å². The Bertz CT molecular complexity index is 406. The van der Waals surface area contributed by atoms with Crippen molar-refractivity contribution in [3.05, 3.63) is 23.8 Å². The molecule has 0 saturated carbocycles. The molecule has 0 saturated heterocycles. The SMILES string of the molecule is COC(=O)CN(C)Cc1cc(OC)ccc1OC. The van der Waals surface area contributed by atoms with E-state index in [9.17, 15) is 4.79 Å². The van der Waals surface area contributed by atoms with Crippen LogP contribution in [0.3, 0.4) is 0 Å². The van der Waals surface area contributed by atoms with Crippen LogP contribution < -0.4 is 9.47 Å². The summed E-state index contributed by atoms with van der Waals surface area (Å²) in [6, 6.07) is 5.58. The Morgan fingerprint density at radius 3 is 2.50 bits per heavy atom. The van der Waals surface area contributed by atoms with E-state index in [1.165, 1.54) is 7.11 Å². The molecule has 0 spiro atoms. The first kappa shape index (κ1) is 14.3. The van der Waals surface area contributed by atoms with Crippen molar-refractivity contribution < 1.29 is 19.0 Å². The number of benzene rings is 1. The lowest BCUT2D eigenvalue weighted by atomic mass is 10.1. The minimum absolute atomic E-state index is 0.233. The van der Waals surface area contributed by atoms with Crippen molar-refractivity contribution in [2.45, 2.75) is 6.54 Å². The Morgan fingerprint density at radius 1 is 1.22 bits per heavy atom. The summed E-state index contributed by atoms with van der Waals surface area (Å²) in [5.74, 6) is 1.27. The van der Waals surface area contributed by atoms with E-state index >= 15 is 0 Å². The van der Waals surface area contributed by atoms with E-state index in [4.69, 9.17) is 9.47 Å². The average molecular weight is 253 g/mol. The number of hydrogen-bond acceptors (Lipinski definition) is 5. The highest BCUT2D eigenvalue weighted by Gasteiger charge is 2.11. The summed E-state index contributed by atoms with van der Waals surface area (Å²) >= 11 is 0. The molecule has 0 amide bonds. The van der Waals surface area contributed by atoms with E-state index in [2.05, 4.69) is 4.74 Å². The fourth-order valence-corrected chi connectivity index (χ4v) is 1.64. The third kappa shape index (κ3) is 3.92. The molecular formula is C13H19NO4. The minimum Gasteiger partial charge on any atom is -0.497 e. The molecule has 1 rings (SSSR count). The molecule has 1 aromatic carbocycles. The van der Waals surface area contributed by atoms with Gasteiger partial charge in [0.25, 0.3) is 0 Å². The lowest BCUT2D eigenvalue weighted by Crippen LogP contribution is -2.26. The molecule has 0 heterocycles. The molecule has 0 unspecified atom stereocenters. The lowest BCUT2D eigenvalue weighted by Gasteiger charge is -2.17. The largest absolute Gasteiger partial charge is 0.497 e. The number of nitrogens with zero attached hydrogens (tertiary/aromatic N) is 1. The van der Waals surface area contributed by atoms with Crippen LogP contribution in [-0.2, 0) is 16.1 Å². The van der Waals surface area contributed by atoms with Gasteiger partial charge < -0.3 is 14.2 Å². The van der Waals surface area contributed by atoms with Crippen LogP contribution in [0.5, 0.6) is 11.5 Å². The van der Waals surface area contributed by atoms with Crippen LogP contribution in [-0.4, -0.2) is 45.8 Å². The fraction of sp³-hybridized carbons (Fsp3) is 0.462. The predicted octanol–water partition coefficient (Wildman–Crippen LogP) is 1.31. The third-order valence-corrected chi connectivity index (χ3v) is 2.55. The molecule has 0 aliphatic carbocycles. The molecule has 0 fully saturated rings. The van der Waals surface area contributed by atoms with Gasteiger partial charge >= 0.3 is 5.97 Å². The van der Waals surface area contributed by atoms with E-state index < -0.39 is 0 Å². The average Bonchev–Trinajstić information content (AvgIpc) is 2.38. The molecule has 0 bridgehead atoms. The van der Waals surface area contributed by atoms with Gasteiger partial charge in [0, 0.05) is 12.1 Å². The summed E-state index contributed by atoms with van der Waals surface area (Å²) in [7, 11) is 6.45. The number of likely N-dealkylation sites (N-methyl/N-ethyl adjacent to an activating group) is 1. The smallest absolute Gasteiger partial charge is 0.319 e. The van der Waals surface area contributed by atoms with Gasteiger partial charge in [-0.15, -0.1) is 0 Å². The van der Waals surface area contributed by atoms with E-state index in [-0.39, 0.29) is 12.5 Å². The maximum absolute atomic E-state index is 11.2. The number of methoxy groups -OCH3 is 3. The van der Waals surface area contributed by atoms with Crippen molar-refractivity contribution >= 4 is 5.97 Å². The van der Waals surface area contributed by atoms with Gasteiger partial charge in [-0.1, -0.05) is 0 Å². The number of esters is 1. The van der Waals surface area contributed by atoms with Crippen molar-refractivity contribution in [2.24, 2.45) is 0 Å². The third-order valence-electron chi connectivity index (χ3n) is 2.55. The van der Waals surface area contributed by atoms with Crippen LogP contribution in [0.1, 0.15) is 5.56 Å². The molecule has 0 atom stereocenters. The first-order valence-electron chi connectivity index (χ1n) is 5.57. The standard InChI is InChI=1S/C13H19NO4/c1-14(9-13(15)18-4)8-10-7-11(16-2)5-6-12(10)17-3/h5-7H,8-9H2,1-4H3. The van der Waals surface area contributed by atoms with E-state index in [0.29, 0.717) is 6.54 Å². The van der Waals surface area contributed by atoms with Gasteiger partial charge in [-0.3, -0.25) is 9.69 Å². The molecule has 18 heavy (non-hydrogen) atoms. The zero-order valence-corrected chi connectivity index (χ0v) is 11.2. The highest BCUT2D eigenvalue weighted by molar-refractivity contribution is 5.71. The summed E-state index contributed by atoms with van der Waals surface area (Å²) in [6.45, 7) is 0.812. The Kier molecular flexibility index (Phi) is 5.45. The van der Waals surface area contributed by atoms with Crippen LogP contribution in [0, 0.1) is 0 Å². The summed E-state index contributed by atoms with van der Waals surface area (Å²) in [5.41, 5.74) is 0.961. The highest BCUT2D eigenvalue weighted by Crippen LogP contribution is 2.24. The molecule has 100 valence electrons. The van der Waals surface area contributed by atoms with Crippen molar-refractivity contribution in [1.29, 1.82) is 0 Å². The van der Waals surface area contributed by atoms with Crippen molar-refractivity contribution in [3.8, 4) is 11.5 Å². The maximum Gasteiger partial charge on any atom is 0.319 e. The fourth-order valence-electron chi connectivity index (χ4n) is 1.64. The van der Waals surface area contributed by atoms with Crippen LogP contribution in [0.15, 0.2) is 18.2 Å². The number of carbonyl (C=O) groups excluding carboxylic acids is 1. The number of ether oxygens (including phenoxy) is 3. The molecule has 0 radical (unpaired) electrons. The van der Waals surface area contributed by atoms with Crippen LogP contribution >= 0.6 is 0 Å². The van der Waals surface area contributed by atoms with Gasteiger partial charge in [0.15, 0.2) is 0 Å². The molecule has 0 aliphatic rings. The summed E-state index contributed by atoms with van der Waals surface area (Å²) in [5, 5.41) is 0. The van der Waals surface area contributed by atoms with Gasteiger partial charge in [-0.05, 0) is 25.2 Å². The van der Waals surface area contributed by atoms with Gasteiger partial charge in [0.2, 0.25) is 0 Å². The second kappa shape index (κ2) is 6.86. The Labute approximate surface area is 107 Å².